The predicted octanol–water partition coefficient (Wildman–Crippen LogP) is 7.21. The van der Waals surface area contributed by atoms with Crippen LogP contribution in [-0.2, 0) is 0 Å². The van der Waals surface area contributed by atoms with Gasteiger partial charge in [0.1, 0.15) is 17.3 Å². The maximum atomic E-state index is 14.0. The number of ether oxygens (including phenoxy) is 2. The lowest BCUT2D eigenvalue weighted by Gasteiger charge is -2.31. The molecule has 0 bridgehead atoms. The Hall–Kier alpha value is -3.56. The number of nitrogens with zero attached hydrogens (tertiary/aromatic N) is 3. The molecule has 8 nitrogen and oxygen atoms in total. The van der Waals surface area contributed by atoms with Crippen LogP contribution in [0.2, 0.25) is 5.02 Å². The van der Waals surface area contributed by atoms with E-state index < -0.39 is 6.04 Å². The maximum Gasteiger partial charge on any atom is 0.322 e. The summed E-state index contributed by atoms with van der Waals surface area (Å²) in [5, 5.41) is 3.98. The third kappa shape index (κ3) is 6.04. The second-order valence-electron chi connectivity index (χ2n) is 8.95. The van der Waals surface area contributed by atoms with Gasteiger partial charge in [-0.2, -0.15) is 0 Å². The Labute approximate surface area is 240 Å². The molecule has 39 heavy (non-hydrogen) atoms. The van der Waals surface area contributed by atoms with Crippen molar-refractivity contribution in [1.82, 2.24) is 14.5 Å². The smallest absolute Gasteiger partial charge is 0.322 e. The number of carbonyl (C=O) groups excluding carboxylic acids is 1. The molecule has 0 aliphatic carbocycles. The summed E-state index contributed by atoms with van der Waals surface area (Å²) in [6.07, 6.45) is 1.65. The van der Waals surface area contributed by atoms with Crippen molar-refractivity contribution in [2.24, 2.45) is 0 Å². The highest BCUT2D eigenvalue weighted by Gasteiger charge is 2.28. The van der Waals surface area contributed by atoms with Gasteiger partial charge in [-0.3, -0.25) is 9.36 Å². The number of anilines is 1. The van der Waals surface area contributed by atoms with E-state index in [9.17, 15) is 9.59 Å². The van der Waals surface area contributed by atoms with Crippen molar-refractivity contribution in [3.8, 4) is 17.2 Å². The molecule has 0 aliphatic rings. The van der Waals surface area contributed by atoms with Crippen LogP contribution in [-0.4, -0.2) is 41.2 Å². The predicted molar refractivity (Wildman–Crippen MR) is 159 cm³/mol. The van der Waals surface area contributed by atoms with Crippen molar-refractivity contribution in [2.45, 2.75) is 32.7 Å². The Morgan fingerprint density at radius 3 is 2.51 bits per heavy atom. The number of methoxy groups -OCH3 is 2. The van der Waals surface area contributed by atoms with Crippen LogP contribution in [0.3, 0.4) is 0 Å². The number of amides is 2. The van der Waals surface area contributed by atoms with E-state index in [4.69, 9.17) is 26.1 Å². The van der Waals surface area contributed by atoms with Crippen molar-refractivity contribution >= 4 is 50.2 Å². The Balaban J connectivity index is 1.91. The number of benzene rings is 3. The van der Waals surface area contributed by atoms with Crippen molar-refractivity contribution < 1.29 is 14.3 Å². The molecule has 0 fully saturated rings. The van der Waals surface area contributed by atoms with Crippen molar-refractivity contribution in [1.29, 1.82) is 0 Å². The van der Waals surface area contributed by atoms with Gasteiger partial charge in [-0.15, -0.1) is 0 Å². The van der Waals surface area contributed by atoms with Gasteiger partial charge in [-0.05, 0) is 65.7 Å². The third-order valence-electron chi connectivity index (χ3n) is 6.44. The largest absolute Gasteiger partial charge is 0.497 e. The van der Waals surface area contributed by atoms with Crippen LogP contribution in [0.25, 0.3) is 16.6 Å². The summed E-state index contributed by atoms with van der Waals surface area (Å²) in [4.78, 5) is 34.2. The minimum Gasteiger partial charge on any atom is -0.497 e. The fourth-order valence-electron chi connectivity index (χ4n) is 4.32. The van der Waals surface area contributed by atoms with Crippen molar-refractivity contribution in [3.63, 3.8) is 0 Å². The standard InChI is InChI=1S/C29H30BrClN4O4/c1-5-6-15-34(29(37)32-20-13-11-19(31)12-14-20)18(2)27-33-23-10-8-7-9-22(23)28(36)35(27)24-16-21(38-3)17-25(39-4)26(24)30/h7-14,16-18H,5-6,15H2,1-4H3,(H,32,37). The molecule has 1 atom stereocenters. The molecule has 204 valence electrons. The van der Waals surface area contributed by atoms with E-state index in [1.807, 2.05) is 13.0 Å². The number of rotatable bonds is 9. The number of hydrogen-bond acceptors (Lipinski definition) is 5. The van der Waals surface area contributed by atoms with Gasteiger partial charge >= 0.3 is 6.03 Å². The summed E-state index contributed by atoms with van der Waals surface area (Å²) in [6, 6.07) is 16.7. The molecule has 0 saturated carbocycles. The van der Waals surface area contributed by atoms with Gasteiger partial charge in [-0.1, -0.05) is 37.1 Å². The van der Waals surface area contributed by atoms with E-state index in [1.165, 1.54) is 4.57 Å². The van der Waals surface area contributed by atoms with E-state index >= 15 is 0 Å². The molecule has 3 aromatic carbocycles. The fourth-order valence-corrected chi connectivity index (χ4v) is 5.01. The van der Waals surface area contributed by atoms with Crippen molar-refractivity contribution in [3.05, 3.63) is 86.3 Å². The normalized spacial score (nSPS) is 11.7. The van der Waals surface area contributed by atoms with E-state index in [0.29, 0.717) is 55.6 Å². The summed E-state index contributed by atoms with van der Waals surface area (Å²) < 4.78 is 13.1. The molecule has 0 spiro atoms. The minimum absolute atomic E-state index is 0.271. The monoisotopic (exact) mass is 612 g/mol. The first kappa shape index (κ1) is 28.4. The molecule has 1 N–H and O–H groups in total. The number of halogens is 2. The zero-order chi connectivity index (χ0) is 28.1. The summed E-state index contributed by atoms with van der Waals surface area (Å²) in [5.41, 5.74) is 1.37. The van der Waals surface area contributed by atoms with Crippen LogP contribution in [0.5, 0.6) is 11.5 Å². The molecule has 0 saturated heterocycles. The second kappa shape index (κ2) is 12.5. The molecule has 1 aromatic heterocycles. The Morgan fingerprint density at radius 2 is 1.85 bits per heavy atom. The number of para-hydroxylation sites is 1. The molecule has 4 aromatic rings. The van der Waals surface area contributed by atoms with E-state index in [1.54, 1.807) is 73.7 Å². The number of carbonyl (C=O) groups is 1. The minimum atomic E-state index is -0.578. The van der Waals surface area contributed by atoms with Gasteiger partial charge in [-0.25, -0.2) is 9.78 Å². The lowest BCUT2D eigenvalue weighted by molar-refractivity contribution is 0.188. The van der Waals surface area contributed by atoms with E-state index in [2.05, 4.69) is 28.2 Å². The average Bonchev–Trinajstić information content (AvgIpc) is 2.94. The highest BCUT2D eigenvalue weighted by molar-refractivity contribution is 9.10. The number of aromatic nitrogens is 2. The van der Waals surface area contributed by atoms with Gasteiger partial charge < -0.3 is 19.7 Å². The molecule has 4 rings (SSSR count). The van der Waals surface area contributed by atoms with Gasteiger partial charge in [0.15, 0.2) is 0 Å². The molecule has 0 radical (unpaired) electrons. The topological polar surface area (TPSA) is 85.7 Å². The molecule has 10 heteroatoms. The summed E-state index contributed by atoms with van der Waals surface area (Å²) in [6.45, 7) is 4.39. The molecular weight excluding hydrogens is 584 g/mol. The molecule has 1 heterocycles. The van der Waals surface area contributed by atoms with Crippen LogP contribution in [0.15, 0.2) is 69.9 Å². The van der Waals surface area contributed by atoms with Crippen molar-refractivity contribution in [2.75, 3.05) is 26.1 Å². The number of unbranched alkanes of at least 4 members (excludes halogenated alkanes) is 1. The lowest BCUT2D eigenvalue weighted by atomic mass is 10.1. The summed E-state index contributed by atoms with van der Waals surface area (Å²) in [5.74, 6) is 1.40. The summed E-state index contributed by atoms with van der Waals surface area (Å²) >= 11 is 9.63. The highest BCUT2D eigenvalue weighted by Crippen LogP contribution is 2.37. The van der Waals surface area contributed by atoms with Crippen LogP contribution in [0.1, 0.15) is 38.6 Å². The Morgan fingerprint density at radius 1 is 1.13 bits per heavy atom. The van der Waals surface area contributed by atoms with E-state index in [-0.39, 0.29) is 11.6 Å². The summed E-state index contributed by atoms with van der Waals surface area (Å²) in [7, 11) is 3.09. The number of fused-ring (bicyclic) bond motifs is 1. The molecular formula is C29H30BrClN4O4. The van der Waals surface area contributed by atoms with E-state index in [0.717, 1.165) is 12.8 Å². The average molecular weight is 614 g/mol. The number of nitrogens with one attached hydrogen (secondary N) is 1. The van der Waals surface area contributed by atoms with Gasteiger partial charge in [0, 0.05) is 29.4 Å². The quantitative estimate of drug-likeness (QED) is 0.216. The fraction of sp³-hybridized carbons (Fsp3) is 0.276. The SMILES string of the molecule is CCCCN(C(=O)Nc1ccc(Cl)cc1)C(C)c1nc2ccccc2c(=O)n1-c1cc(OC)cc(OC)c1Br. The van der Waals surface area contributed by atoms with Gasteiger partial charge in [0.25, 0.3) is 5.56 Å². The Kier molecular flexibility index (Phi) is 9.14. The first-order chi connectivity index (χ1) is 18.8. The molecule has 2 amide bonds. The lowest BCUT2D eigenvalue weighted by Crippen LogP contribution is -2.40. The zero-order valence-corrected chi connectivity index (χ0v) is 24.5. The van der Waals surface area contributed by atoms with Gasteiger partial charge in [0.05, 0.1) is 41.3 Å². The third-order valence-corrected chi connectivity index (χ3v) is 7.49. The first-order valence-electron chi connectivity index (χ1n) is 12.6. The van der Waals surface area contributed by atoms with Crippen LogP contribution in [0, 0.1) is 0 Å². The maximum absolute atomic E-state index is 14.0. The van der Waals surface area contributed by atoms with Crippen LogP contribution in [0.4, 0.5) is 10.5 Å². The second-order valence-corrected chi connectivity index (χ2v) is 10.2. The van der Waals surface area contributed by atoms with Gasteiger partial charge in [0.2, 0.25) is 0 Å². The Bertz CT molecular complexity index is 1540. The van der Waals surface area contributed by atoms with Crippen LogP contribution >= 0.6 is 27.5 Å². The molecule has 0 aliphatic heterocycles. The number of hydrogen-bond donors (Lipinski definition) is 1. The number of urea groups is 1. The highest BCUT2D eigenvalue weighted by atomic mass is 79.9. The molecule has 1 unspecified atom stereocenters. The zero-order valence-electron chi connectivity index (χ0n) is 22.2. The van der Waals surface area contributed by atoms with Crippen LogP contribution < -0.4 is 20.3 Å². The first-order valence-corrected chi connectivity index (χ1v) is 13.7.